The lowest BCUT2D eigenvalue weighted by Crippen LogP contribution is -2.15. The van der Waals surface area contributed by atoms with E-state index in [0.717, 1.165) is 44.9 Å². The van der Waals surface area contributed by atoms with Crippen molar-refractivity contribution in [1.82, 2.24) is 14.1 Å². The Morgan fingerprint density at radius 3 is 1.59 bits per heavy atom. The molecule has 0 bridgehead atoms. The van der Waals surface area contributed by atoms with E-state index in [0.29, 0.717) is 0 Å². The summed E-state index contributed by atoms with van der Waals surface area (Å²) in [5.41, 5.74) is 17.7. The summed E-state index contributed by atoms with van der Waals surface area (Å²) in [7, 11) is 0. The molecule has 0 atom stereocenters. The Bertz CT molecular complexity index is 3440. The second kappa shape index (κ2) is 12.8. The van der Waals surface area contributed by atoms with Gasteiger partial charge in [-0.3, -0.25) is 4.57 Å². The average Bonchev–Trinajstić information content (AvgIpc) is 3.90. The molecule has 278 valence electrons. The van der Waals surface area contributed by atoms with Gasteiger partial charge in [-0.15, -0.1) is 0 Å². The van der Waals surface area contributed by atoms with Crippen LogP contribution in [0.25, 0.3) is 99.8 Å². The molecule has 0 unspecified atom stereocenters. The van der Waals surface area contributed by atoms with Gasteiger partial charge in [-0.1, -0.05) is 178 Å². The van der Waals surface area contributed by atoms with Crippen molar-refractivity contribution in [3.8, 4) is 56.1 Å². The van der Waals surface area contributed by atoms with Gasteiger partial charge in [0.05, 0.1) is 27.8 Å². The molecule has 12 rings (SSSR count). The fraction of sp³-hybridized carbons (Fsp3) is 0.0536. The highest BCUT2D eigenvalue weighted by Crippen LogP contribution is 2.50. The van der Waals surface area contributed by atoms with Crippen molar-refractivity contribution in [3.63, 3.8) is 0 Å². The van der Waals surface area contributed by atoms with Crippen molar-refractivity contribution in [1.29, 1.82) is 0 Å². The summed E-state index contributed by atoms with van der Waals surface area (Å²) in [5.74, 6) is 0.884. The first-order valence-corrected chi connectivity index (χ1v) is 20.5. The second-order valence-corrected chi connectivity index (χ2v) is 16.4. The maximum Gasteiger partial charge on any atom is 0.138 e. The van der Waals surface area contributed by atoms with Gasteiger partial charge in [0.2, 0.25) is 0 Å². The summed E-state index contributed by atoms with van der Waals surface area (Å²) in [6, 6.07) is 72.9. The van der Waals surface area contributed by atoms with E-state index in [-0.39, 0.29) is 5.41 Å². The Hall–Kier alpha value is -7.49. The third-order valence-corrected chi connectivity index (χ3v) is 12.7. The molecule has 0 amide bonds. The lowest BCUT2D eigenvalue weighted by molar-refractivity contribution is 0.660. The highest BCUT2D eigenvalue weighted by Gasteiger charge is 2.35. The molecule has 3 aromatic heterocycles. The number of para-hydroxylation sites is 2. The monoisotopic (exact) mass is 753 g/mol. The van der Waals surface area contributed by atoms with Crippen molar-refractivity contribution in [2.75, 3.05) is 0 Å². The second-order valence-electron chi connectivity index (χ2n) is 16.4. The molecule has 1 aliphatic carbocycles. The number of hydrogen-bond donors (Lipinski definition) is 0. The Kier molecular flexibility index (Phi) is 7.27. The number of pyridine rings is 1. The normalized spacial score (nSPS) is 13.1. The van der Waals surface area contributed by atoms with Crippen molar-refractivity contribution in [2.24, 2.45) is 0 Å². The van der Waals surface area contributed by atoms with Crippen molar-refractivity contribution >= 4 is 43.6 Å². The Balaban J connectivity index is 1.16. The Morgan fingerprint density at radius 1 is 0.373 bits per heavy atom. The predicted octanol–water partition coefficient (Wildman–Crippen LogP) is 14.6. The summed E-state index contributed by atoms with van der Waals surface area (Å²) < 4.78 is 4.93. The molecule has 3 heteroatoms. The van der Waals surface area contributed by atoms with E-state index in [1.807, 2.05) is 0 Å². The minimum absolute atomic E-state index is 0.123. The molecule has 11 aromatic rings. The maximum absolute atomic E-state index is 5.54. The molecule has 0 N–H and O–H groups in total. The number of aromatic nitrogens is 3. The summed E-state index contributed by atoms with van der Waals surface area (Å²) >= 11 is 0. The van der Waals surface area contributed by atoms with Crippen LogP contribution in [0.3, 0.4) is 0 Å². The quantitative estimate of drug-likeness (QED) is 0.172. The Morgan fingerprint density at radius 2 is 0.898 bits per heavy atom. The molecule has 8 aromatic carbocycles. The molecular formula is C56H39N3. The zero-order valence-corrected chi connectivity index (χ0v) is 32.9. The largest absolute Gasteiger partial charge is 0.307 e. The number of rotatable bonds is 5. The van der Waals surface area contributed by atoms with E-state index in [4.69, 9.17) is 4.98 Å². The number of benzene rings is 8. The summed E-state index contributed by atoms with van der Waals surface area (Å²) in [5, 5.41) is 4.85. The third kappa shape index (κ3) is 5.04. The topological polar surface area (TPSA) is 22.8 Å². The smallest absolute Gasteiger partial charge is 0.138 e. The van der Waals surface area contributed by atoms with Gasteiger partial charge in [0.25, 0.3) is 0 Å². The van der Waals surface area contributed by atoms with Gasteiger partial charge in [-0.25, -0.2) is 4.98 Å². The van der Waals surface area contributed by atoms with Gasteiger partial charge in [-0.05, 0) is 80.9 Å². The number of fused-ring (bicyclic) bond motifs is 10. The summed E-state index contributed by atoms with van der Waals surface area (Å²) in [6.45, 7) is 4.73. The highest BCUT2D eigenvalue weighted by molar-refractivity contribution is 6.23. The van der Waals surface area contributed by atoms with E-state index in [9.17, 15) is 0 Å². The fourth-order valence-electron chi connectivity index (χ4n) is 9.88. The molecule has 0 saturated carbocycles. The van der Waals surface area contributed by atoms with Crippen LogP contribution in [-0.4, -0.2) is 14.1 Å². The predicted molar refractivity (Wildman–Crippen MR) is 247 cm³/mol. The van der Waals surface area contributed by atoms with Gasteiger partial charge in [0.15, 0.2) is 0 Å². The summed E-state index contributed by atoms with van der Waals surface area (Å²) in [6.07, 6.45) is 0. The highest BCUT2D eigenvalue weighted by atomic mass is 15.1. The van der Waals surface area contributed by atoms with Gasteiger partial charge >= 0.3 is 0 Å². The SMILES string of the molecule is CC1(C)c2ccccc2-c2ccc(-n3c4ccccc4c4ccc5c6ccccc6n(-c6cc(-c7ccc(-c8ccccc8)cc7)cc(-c7ccccc7)n6)c5c43)cc21. The average molecular weight is 754 g/mol. The van der Waals surface area contributed by atoms with Gasteiger partial charge < -0.3 is 4.57 Å². The Labute approximate surface area is 343 Å². The lowest BCUT2D eigenvalue weighted by Gasteiger charge is -2.22. The molecule has 3 heterocycles. The number of nitrogens with zero attached hydrogens (tertiary/aromatic N) is 3. The first-order valence-electron chi connectivity index (χ1n) is 20.5. The first-order chi connectivity index (χ1) is 29.0. The zero-order chi connectivity index (χ0) is 39.2. The minimum Gasteiger partial charge on any atom is -0.307 e. The van der Waals surface area contributed by atoms with Gasteiger partial charge in [0, 0.05) is 38.2 Å². The maximum atomic E-state index is 5.54. The molecule has 59 heavy (non-hydrogen) atoms. The van der Waals surface area contributed by atoms with Crippen LogP contribution in [0, 0.1) is 0 Å². The van der Waals surface area contributed by atoms with Crippen LogP contribution >= 0.6 is 0 Å². The van der Waals surface area contributed by atoms with Crippen molar-refractivity contribution in [2.45, 2.75) is 19.3 Å². The molecule has 0 fully saturated rings. The molecule has 0 radical (unpaired) electrons. The standard InChI is InChI=1S/C56H39N3/c1-56(2)48-22-12-9-19-42(48)43-30-29-41(35-49(43)56)58-51-23-13-10-20-44(51)46-31-32-47-45-21-11-14-24-52(45)59(55(47)54(46)58)53-34-40(33-50(57-53)39-17-7-4-8-18-39)38-27-25-37(26-28-38)36-15-5-3-6-16-36/h3-35H,1-2H3. The molecular weight excluding hydrogens is 715 g/mol. The van der Waals surface area contributed by atoms with Crippen molar-refractivity contribution < 1.29 is 0 Å². The molecule has 3 nitrogen and oxygen atoms in total. The van der Waals surface area contributed by atoms with E-state index in [1.54, 1.807) is 0 Å². The van der Waals surface area contributed by atoms with E-state index in [1.165, 1.54) is 66.0 Å². The fourth-order valence-corrected chi connectivity index (χ4v) is 9.88. The van der Waals surface area contributed by atoms with Gasteiger partial charge in [0.1, 0.15) is 5.82 Å². The first kappa shape index (κ1) is 33.6. The van der Waals surface area contributed by atoms with E-state index < -0.39 is 0 Å². The molecule has 1 aliphatic rings. The van der Waals surface area contributed by atoms with Crippen LogP contribution in [0.4, 0.5) is 0 Å². The molecule has 0 aliphatic heterocycles. The molecule has 0 saturated heterocycles. The van der Waals surface area contributed by atoms with Crippen molar-refractivity contribution in [3.05, 3.63) is 211 Å². The van der Waals surface area contributed by atoms with Crippen LogP contribution in [-0.2, 0) is 5.41 Å². The van der Waals surface area contributed by atoms with Crippen LogP contribution in [0.1, 0.15) is 25.0 Å². The van der Waals surface area contributed by atoms with Gasteiger partial charge in [-0.2, -0.15) is 0 Å². The minimum atomic E-state index is -0.123. The van der Waals surface area contributed by atoms with E-state index in [2.05, 4.69) is 223 Å². The van der Waals surface area contributed by atoms with Crippen LogP contribution < -0.4 is 0 Å². The van der Waals surface area contributed by atoms with Crippen LogP contribution in [0.2, 0.25) is 0 Å². The van der Waals surface area contributed by atoms with E-state index >= 15 is 0 Å². The number of hydrogen-bond acceptors (Lipinski definition) is 1. The molecule has 0 spiro atoms. The van der Waals surface area contributed by atoms with Crippen LogP contribution in [0.15, 0.2) is 200 Å². The summed E-state index contributed by atoms with van der Waals surface area (Å²) in [4.78, 5) is 5.54. The zero-order valence-electron chi connectivity index (χ0n) is 32.9. The third-order valence-electron chi connectivity index (χ3n) is 12.7. The lowest BCUT2D eigenvalue weighted by atomic mass is 9.82. The van der Waals surface area contributed by atoms with Crippen LogP contribution in [0.5, 0.6) is 0 Å².